The standard InChI is InChI=1S/C31H32FN5O5S/c1-16-14-19(42-18-7-3-2-4-8-18)9-10-20(16)30(34)21-11-12-22(33)25-23(21)24(31(32,35)28(30)39)26(43-25)27(38)36-17-6-5-13-37(15-17)29(40)41/h2-4,7-12,14,17,24,26H,5-6,13,15,33-35H2,1H3,(H,36,38)(H,40,41)/t17?,24?,26?,30-,31+/m1/s1. The van der Waals surface area contributed by atoms with Crippen molar-refractivity contribution in [1.29, 1.82) is 0 Å². The van der Waals surface area contributed by atoms with Crippen LogP contribution >= 0.6 is 11.8 Å². The van der Waals surface area contributed by atoms with Crippen molar-refractivity contribution in [3.05, 3.63) is 82.9 Å². The van der Waals surface area contributed by atoms with Crippen molar-refractivity contribution in [1.82, 2.24) is 10.2 Å². The molecule has 10 nitrogen and oxygen atoms in total. The zero-order valence-corrected chi connectivity index (χ0v) is 24.2. The molecule has 12 heteroatoms. The van der Waals surface area contributed by atoms with E-state index in [-0.39, 0.29) is 6.54 Å². The number of alkyl halides is 1. The molecule has 5 atom stereocenters. The van der Waals surface area contributed by atoms with Crippen LogP contribution in [0.5, 0.6) is 11.5 Å². The second-order valence-corrected chi connectivity index (χ2v) is 12.5. The van der Waals surface area contributed by atoms with E-state index in [0.29, 0.717) is 63.7 Å². The maximum absolute atomic E-state index is 16.8. The molecule has 2 aliphatic heterocycles. The molecule has 0 bridgehead atoms. The van der Waals surface area contributed by atoms with Gasteiger partial charge < -0.3 is 31.5 Å². The number of nitrogens with two attached hydrogens (primary N) is 3. The fraction of sp³-hybridized carbons (Fsp3) is 0.323. The van der Waals surface area contributed by atoms with Crippen LogP contribution in [-0.4, -0.2) is 58.0 Å². The number of Topliss-reactive ketones (excluding diaryl/α,β-unsaturated/α-hetero) is 1. The lowest BCUT2D eigenvalue weighted by Gasteiger charge is -2.44. The molecule has 0 spiro atoms. The molecule has 1 fully saturated rings. The van der Waals surface area contributed by atoms with Gasteiger partial charge in [0.25, 0.3) is 0 Å². The van der Waals surface area contributed by atoms with E-state index in [1.54, 1.807) is 37.3 Å². The summed E-state index contributed by atoms with van der Waals surface area (Å²) in [5.74, 6) is -4.84. The van der Waals surface area contributed by atoms with Crippen molar-refractivity contribution in [3.63, 3.8) is 0 Å². The van der Waals surface area contributed by atoms with Crippen LogP contribution in [0, 0.1) is 6.92 Å². The number of rotatable bonds is 5. The van der Waals surface area contributed by atoms with E-state index in [1.165, 1.54) is 4.90 Å². The molecule has 2 heterocycles. The van der Waals surface area contributed by atoms with Gasteiger partial charge in [0.05, 0.1) is 5.92 Å². The number of halogens is 1. The smallest absolute Gasteiger partial charge is 0.407 e. The number of carboxylic acid groups (broad SMARTS) is 1. The number of aryl methyl sites for hydroxylation is 1. The third-order valence-electron chi connectivity index (χ3n) is 8.57. The third-order valence-corrected chi connectivity index (χ3v) is 10.00. The molecule has 3 aromatic rings. The van der Waals surface area contributed by atoms with Crippen LogP contribution in [0.1, 0.15) is 41.0 Å². The Morgan fingerprint density at radius 2 is 1.81 bits per heavy atom. The molecular formula is C31H32FN5O5S. The Balaban J connectivity index is 1.37. The van der Waals surface area contributed by atoms with Crippen LogP contribution in [0.3, 0.4) is 0 Å². The lowest BCUT2D eigenvalue weighted by atomic mass is 9.63. The number of piperidine rings is 1. The van der Waals surface area contributed by atoms with E-state index >= 15 is 4.39 Å². The molecule has 224 valence electrons. The molecule has 3 aliphatic rings. The summed E-state index contributed by atoms with van der Waals surface area (Å²) in [6, 6.07) is 16.9. The number of nitrogen functional groups attached to an aromatic ring is 1. The van der Waals surface area contributed by atoms with Gasteiger partial charge in [-0.05, 0) is 72.4 Å². The number of hydrogen-bond acceptors (Lipinski definition) is 8. The molecule has 1 aliphatic carbocycles. The molecule has 43 heavy (non-hydrogen) atoms. The van der Waals surface area contributed by atoms with Crippen molar-refractivity contribution >= 4 is 35.2 Å². The SMILES string of the molecule is Cc1cc(Oc2ccccc2)ccc1[C@]1(N)C(=O)[C@](N)(F)C2c3c1ccc(N)c3SC2C(=O)NC1CCCN(C(=O)O)C1. The van der Waals surface area contributed by atoms with Gasteiger partial charge in [0.2, 0.25) is 17.5 Å². The van der Waals surface area contributed by atoms with Crippen LogP contribution in [-0.2, 0) is 15.1 Å². The monoisotopic (exact) mass is 605 g/mol. The summed E-state index contributed by atoms with van der Waals surface area (Å²) in [7, 11) is 0. The minimum Gasteiger partial charge on any atom is -0.465 e. The van der Waals surface area contributed by atoms with Gasteiger partial charge in [0, 0.05) is 29.7 Å². The number of amides is 2. The van der Waals surface area contributed by atoms with Gasteiger partial charge in [-0.25, -0.2) is 9.18 Å². The number of nitrogens with one attached hydrogen (secondary N) is 1. The number of carbonyl (C=O) groups is 3. The largest absolute Gasteiger partial charge is 0.465 e. The quantitative estimate of drug-likeness (QED) is 0.215. The number of anilines is 1. The van der Waals surface area contributed by atoms with E-state index in [1.807, 2.05) is 30.3 Å². The Bertz CT molecular complexity index is 1640. The first kappa shape index (κ1) is 29.0. The van der Waals surface area contributed by atoms with E-state index in [2.05, 4.69) is 5.32 Å². The normalized spacial score (nSPS) is 27.9. The number of nitrogens with zero attached hydrogens (tertiary/aromatic N) is 1. The number of benzene rings is 3. The van der Waals surface area contributed by atoms with Gasteiger partial charge in [-0.1, -0.05) is 30.3 Å². The average Bonchev–Trinajstić information content (AvgIpc) is 3.40. The van der Waals surface area contributed by atoms with Crippen LogP contribution in [0.25, 0.3) is 0 Å². The van der Waals surface area contributed by atoms with E-state index in [4.69, 9.17) is 21.9 Å². The lowest BCUT2D eigenvalue weighted by molar-refractivity contribution is -0.138. The molecular weight excluding hydrogens is 573 g/mol. The Morgan fingerprint density at radius 3 is 2.51 bits per heavy atom. The van der Waals surface area contributed by atoms with Crippen LogP contribution < -0.4 is 27.3 Å². The summed E-state index contributed by atoms with van der Waals surface area (Å²) in [4.78, 5) is 40.9. The summed E-state index contributed by atoms with van der Waals surface area (Å²) in [5.41, 5.74) is 19.5. The number of thioether (sulfide) groups is 1. The molecule has 3 unspecified atom stereocenters. The second kappa shape index (κ2) is 10.5. The van der Waals surface area contributed by atoms with Crippen molar-refractivity contribution in [2.24, 2.45) is 11.5 Å². The van der Waals surface area contributed by atoms with Gasteiger partial charge in [-0.2, -0.15) is 0 Å². The summed E-state index contributed by atoms with van der Waals surface area (Å²) in [6.45, 7) is 2.24. The van der Waals surface area contributed by atoms with Crippen LogP contribution in [0.2, 0.25) is 0 Å². The van der Waals surface area contributed by atoms with Gasteiger partial charge in [-0.3, -0.25) is 15.3 Å². The number of likely N-dealkylation sites (tertiary alicyclic amines) is 1. The number of carbonyl (C=O) groups excluding carboxylic acids is 2. The maximum atomic E-state index is 16.8. The highest BCUT2D eigenvalue weighted by molar-refractivity contribution is 8.01. The first-order chi connectivity index (χ1) is 20.4. The number of para-hydroxylation sites is 1. The molecule has 6 rings (SSSR count). The Hall–Kier alpha value is -4.13. The highest BCUT2D eigenvalue weighted by atomic mass is 32.2. The van der Waals surface area contributed by atoms with Gasteiger partial charge in [0.15, 0.2) is 0 Å². The minimum absolute atomic E-state index is 0.112. The maximum Gasteiger partial charge on any atom is 0.407 e. The van der Waals surface area contributed by atoms with E-state index in [9.17, 15) is 19.5 Å². The lowest BCUT2D eigenvalue weighted by Crippen LogP contribution is -2.66. The molecule has 0 aromatic heterocycles. The predicted octanol–water partition coefficient (Wildman–Crippen LogP) is 3.60. The number of ether oxygens (including phenoxy) is 1. The topological polar surface area (TPSA) is 174 Å². The van der Waals surface area contributed by atoms with Crippen LogP contribution in [0.4, 0.5) is 14.9 Å². The fourth-order valence-electron chi connectivity index (χ4n) is 6.53. The molecule has 3 aromatic carbocycles. The second-order valence-electron chi connectivity index (χ2n) is 11.3. The van der Waals surface area contributed by atoms with E-state index in [0.717, 1.165) is 11.8 Å². The van der Waals surface area contributed by atoms with Crippen LogP contribution in [0.15, 0.2) is 65.6 Å². The van der Waals surface area contributed by atoms with Crippen molar-refractivity contribution in [2.75, 3.05) is 18.8 Å². The molecule has 8 N–H and O–H groups in total. The zero-order chi connectivity index (χ0) is 30.7. The summed E-state index contributed by atoms with van der Waals surface area (Å²) >= 11 is 1.05. The third kappa shape index (κ3) is 4.70. The van der Waals surface area contributed by atoms with Crippen molar-refractivity contribution < 1.29 is 28.6 Å². The molecule has 0 saturated carbocycles. The Labute approximate surface area is 251 Å². The Morgan fingerprint density at radius 1 is 1.09 bits per heavy atom. The van der Waals surface area contributed by atoms with Crippen molar-refractivity contribution in [3.8, 4) is 11.5 Å². The molecule has 0 radical (unpaired) electrons. The molecule has 1 saturated heterocycles. The summed E-state index contributed by atoms with van der Waals surface area (Å²) in [5, 5.41) is 11.1. The minimum atomic E-state index is -3.01. The molecule has 2 amide bonds. The summed E-state index contributed by atoms with van der Waals surface area (Å²) in [6.07, 6.45) is 0.0635. The predicted molar refractivity (Wildman–Crippen MR) is 160 cm³/mol. The highest BCUT2D eigenvalue weighted by Gasteiger charge is 2.65. The number of hydrogen-bond donors (Lipinski definition) is 5. The zero-order valence-electron chi connectivity index (χ0n) is 23.4. The first-order valence-corrected chi connectivity index (χ1v) is 14.8. The van der Waals surface area contributed by atoms with Gasteiger partial charge >= 0.3 is 6.09 Å². The fourth-order valence-corrected chi connectivity index (χ4v) is 8.00. The number of ketones is 1. The Kier molecular flexibility index (Phi) is 7.10. The average molecular weight is 606 g/mol. The van der Waals surface area contributed by atoms with E-state index < -0.39 is 46.3 Å². The first-order valence-electron chi connectivity index (χ1n) is 14.0. The van der Waals surface area contributed by atoms with Crippen molar-refractivity contribution in [2.45, 2.75) is 53.2 Å². The summed E-state index contributed by atoms with van der Waals surface area (Å²) < 4.78 is 22.7. The highest BCUT2D eigenvalue weighted by Crippen LogP contribution is 2.59. The van der Waals surface area contributed by atoms with Gasteiger partial charge in [0.1, 0.15) is 22.3 Å². The van der Waals surface area contributed by atoms with Gasteiger partial charge in [-0.15, -0.1) is 11.8 Å².